The van der Waals surface area contributed by atoms with Crippen molar-refractivity contribution in [1.82, 2.24) is 10.2 Å². The average molecular weight is 351 g/mol. The van der Waals surface area contributed by atoms with Crippen LogP contribution in [0.1, 0.15) is 36.4 Å². The van der Waals surface area contributed by atoms with Crippen molar-refractivity contribution >= 4 is 24.8 Å². The monoisotopic (exact) mass is 350 g/mol. The van der Waals surface area contributed by atoms with Crippen molar-refractivity contribution in [3.63, 3.8) is 0 Å². The van der Waals surface area contributed by atoms with Gasteiger partial charge in [-0.1, -0.05) is 18.9 Å². The minimum absolute atomic E-state index is 0. The van der Waals surface area contributed by atoms with Gasteiger partial charge in [0.25, 0.3) is 0 Å². The van der Waals surface area contributed by atoms with Crippen molar-refractivity contribution in [2.75, 3.05) is 26.2 Å². The van der Waals surface area contributed by atoms with E-state index in [1.807, 2.05) is 6.92 Å². The van der Waals surface area contributed by atoms with Crippen molar-refractivity contribution in [3.8, 4) is 5.75 Å². The molecule has 1 atom stereocenters. The number of rotatable bonds is 4. The highest BCUT2D eigenvalue weighted by atomic mass is 35.5. The molecule has 1 aromatic carbocycles. The van der Waals surface area contributed by atoms with Crippen LogP contribution in [0.25, 0.3) is 0 Å². The summed E-state index contributed by atoms with van der Waals surface area (Å²) in [6.07, 6.45) is 3.46. The number of benzene rings is 1. The Morgan fingerprint density at radius 3 is 2.50 bits per heavy atom. The largest absolute Gasteiger partial charge is 0.507 e. The van der Waals surface area contributed by atoms with Crippen molar-refractivity contribution in [2.45, 2.75) is 32.2 Å². The minimum atomic E-state index is -0.266. The second-order valence-corrected chi connectivity index (χ2v) is 6.11. The molecule has 1 heterocycles. The van der Waals surface area contributed by atoms with E-state index in [1.165, 1.54) is 18.9 Å². The van der Waals surface area contributed by atoms with Crippen molar-refractivity contribution in [3.05, 3.63) is 29.1 Å². The Balaban J connectivity index is 0.00000121. The lowest BCUT2D eigenvalue weighted by molar-refractivity contribution is 0.154. The first-order valence-corrected chi connectivity index (χ1v) is 7.59. The van der Waals surface area contributed by atoms with E-state index in [-0.39, 0.29) is 42.4 Å². The summed E-state index contributed by atoms with van der Waals surface area (Å²) < 4.78 is 14.3. The molecule has 1 saturated heterocycles. The number of halogens is 3. The normalized spacial score (nSPS) is 19.9. The second-order valence-electron chi connectivity index (χ2n) is 6.11. The molecule has 1 aliphatic heterocycles. The molecule has 3 nitrogen and oxygen atoms in total. The molecule has 1 aliphatic carbocycles. The van der Waals surface area contributed by atoms with E-state index in [0.717, 1.165) is 38.2 Å². The summed E-state index contributed by atoms with van der Waals surface area (Å²) in [6, 6.07) is 3.16. The number of piperazine rings is 1. The summed E-state index contributed by atoms with van der Waals surface area (Å²) in [5.74, 6) is 0.584. The zero-order chi connectivity index (χ0) is 14.1. The number of aryl methyl sites for hydroxylation is 1. The van der Waals surface area contributed by atoms with Gasteiger partial charge < -0.3 is 10.4 Å². The number of nitrogens with one attached hydrogen (secondary N) is 1. The molecule has 0 aromatic heterocycles. The maximum absolute atomic E-state index is 14.3. The Morgan fingerprint density at radius 1 is 1.27 bits per heavy atom. The van der Waals surface area contributed by atoms with E-state index in [4.69, 9.17) is 0 Å². The zero-order valence-corrected chi connectivity index (χ0v) is 14.5. The maximum atomic E-state index is 14.3. The molecule has 0 radical (unpaired) electrons. The van der Waals surface area contributed by atoms with Gasteiger partial charge in [-0.05, 0) is 30.9 Å². The van der Waals surface area contributed by atoms with E-state index in [0.29, 0.717) is 11.5 Å². The van der Waals surface area contributed by atoms with Crippen LogP contribution >= 0.6 is 24.8 Å². The highest BCUT2D eigenvalue weighted by Crippen LogP contribution is 2.43. The second kappa shape index (κ2) is 8.34. The fraction of sp³-hybridized carbons (Fsp3) is 0.625. The number of hydrogen-bond donors (Lipinski definition) is 2. The molecule has 1 saturated carbocycles. The maximum Gasteiger partial charge on any atom is 0.131 e. The van der Waals surface area contributed by atoms with Gasteiger partial charge in [0.2, 0.25) is 0 Å². The minimum Gasteiger partial charge on any atom is -0.507 e. The van der Waals surface area contributed by atoms with Crippen LogP contribution in [0.4, 0.5) is 4.39 Å². The zero-order valence-electron chi connectivity index (χ0n) is 12.8. The van der Waals surface area contributed by atoms with E-state index < -0.39 is 0 Å². The molecule has 1 aromatic rings. The summed E-state index contributed by atoms with van der Waals surface area (Å²) in [6.45, 7) is 5.56. The first-order chi connectivity index (χ1) is 9.66. The molecule has 2 N–H and O–H groups in total. The highest BCUT2D eigenvalue weighted by Gasteiger charge is 2.33. The van der Waals surface area contributed by atoms with Crippen LogP contribution in [-0.2, 0) is 0 Å². The van der Waals surface area contributed by atoms with E-state index in [9.17, 15) is 9.50 Å². The third-order valence-corrected chi connectivity index (χ3v) is 4.54. The van der Waals surface area contributed by atoms with Gasteiger partial charge in [-0.15, -0.1) is 24.8 Å². The Bertz CT molecular complexity index is 491. The summed E-state index contributed by atoms with van der Waals surface area (Å²) in [5, 5.41) is 13.7. The van der Waals surface area contributed by atoms with Crippen LogP contribution < -0.4 is 5.32 Å². The number of nitrogens with zero attached hydrogens (tertiary/aromatic N) is 1. The SMILES string of the molecule is Cc1ccc(F)c([C@H](CC2CC2)N2CCNCC2)c1O.Cl.Cl. The number of phenols is 1. The van der Waals surface area contributed by atoms with E-state index in [1.54, 1.807) is 6.07 Å². The fourth-order valence-corrected chi connectivity index (χ4v) is 3.12. The van der Waals surface area contributed by atoms with Crippen LogP contribution in [0.5, 0.6) is 5.75 Å². The predicted octanol–water partition coefficient (Wildman–Crippen LogP) is 3.43. The molecule has 0 unspecified atom stereocenters. The van der Waals surface area contributed by atoms with E-state index >= 15 is 0 Å². The topological polar surface area (TPSA) is 35.5 Å². The molecule has 6 heteroatoms. The molecular weight excluding hydrogens is 326 g/mol. The van der Waals surface area contributed by atoms with Gasteiger partial charge in [-0.25, -0.2) is 4.39 Å². The van der Waals surface area contributed by atoms with Crippen LogP contribution in [0.15, 0.2) is 12.1 Å². The van der Waals surface area contributed by atoms with Gasteiger partial charge in [0, 0.05) is 37.8 Å². The average Bonchev–Trinajstić information content (AvgIpc) is 3.27. The van der Waals surface area contributed by atoms with Gasteiger partial charge >= 0.3 is 0 Å². The smallest absolute Gasteiger partial charge is 0.131 e. The van der Waals surface area contributed by atoms with Crippen molar-refractivity contribution in [2.24, 2.45) is 5.92 Å². The lowest BCUT2D eigenvalue weighted by atomic mass is 9.95. The number of aromatic hydroxyl groups is 1. The Labute approximate surface area is 144 Å². The van der Waals surface area contributed by atoms with Gasteiger partial charge in [-0.3, -0.25) is 4.90 Å². The quantitative estimate of drug-likeness (QED) is 0.873. The first-order valence-electron chi connectivity index (χ1n) is 7.59. The van der Waals surface area contributed by atoms with Crippen LogP contribution in [-0.4, -0.2) is 36.2 Å². The summed E-state index contributed by atoms with van der Waals surface area (Å²) >= 11 is 0. The van der Waals surface area contributed by atoms with Crippen LogP contribution in [0.2, 0.25) is 0 Å². The first kappa shape index (κ1) is 19.5. The highest BCUT2D eigenvalue weighted by molar-refractivity contribution is 5.85. The predicted molar refractivity (Wildman–Crippen MR) is 91.8 cm³/mol. The summed E-state index contributed by atoms with van der Waals surface area (Å²) in [7, 11) is 0. The van der Waals surface area contributed by atoms with Crippen LogP contribution in [0.3, 0.4) is 0 Å². The molecule has 22 heavy (non-hydrogen) atoms. The van der Waals surface area contributed by atoms with Crippen molar-refractivity contribution in [1.29, 1.82) is 0 Å². The van der Waals surface area contributed by atoms with Gasteiger partial charge in [-0.2, -0.15) is 0 Å². The van der Waals surface area contributed by atoms with Crippen molar-refractivity contribution < 1.29 is 9.50 Å². The lowest BCUT2D eigenvalue weighted by Gasteiger charge is -2.36. The molecule has 126 valence electrons. The third-order valence-electron chi connectivity index (χ3n) is 4.54. The Morgan fingerprint density at radius 2 is 1.91 bits per heavy atom. The standard InChI is InChI=1S/C16H23FN2O.2ClH/c1-11-2-5-13(17)15(16(11)20)14(10-12-3-4-12)19-8-6-18-7-9-19;;/h2,5,12,14,18,20H,3-4,6-10H2,1H3;2*1H/t14-;;/m0../s1. The summed E-state index contributed by atoms with van der Waals surface area (Å²) in [4.78, 5) is 2.33. The fourth-order valence-electron chi connectivity index (χ4n) is 3.12. The molecule has 0 amide bonds. The molecule has 2 fully saturated rings. The number of phenolic OH excluding ortho intramolecular Hbond substituents is 1. The van der Waals surface area contributed by atoms with Gasteiger partial charge in [0.05, 0.1) is 0 Å². The molecule has 0 bridgehead atoms. The van der Waals surface area contributed by atoms with Gasteiger partial charge in [0.15, 0.2) is 0 Å². The lowest BCUT2D eigenvalue weighted by Crippen LogP contribution is -2.45. The molecule has 2 aliphatic rings. The molecule has 3 rings (SSSR count). The Hall–Kier alpha value is -0.550. The molecular formula is C16H25Cl2FN2O. The Kier molecular flexibility index (Phi) is 7.39. The van der Waals surface area contributed by atoms with Gasteiger partial charge in [0.1, 0.15) is 11.6 Å². The third kappa shape index (κ3) is 4.25. The summed E-state index contributed by atoms with van der Waals surface area (Å²) in [5.41, 5.74) is 1.27. The molecule has 0 spiro atoms. The number of hydrogen-bond acceptors (Lipinski definition) is 3. The van der Waals surface area contributed by atoms with Crippen LogP contribution in [0, 0.1) is 18.7 Å². The van der Waals surface area contributed by atoms with E-state index in [2.05, 4.69) is 10.2 Å².